The standard InChI is InChI=1S/C19H29N3O2.ClH/c1-19(2,3)15-8-6-14(7-9-15)18(24)21-11-10-17(23)22-12-4-5-16(22)13-20;/h6-9,16H,4-5,10-13,20H2,1-3H3,(H,21,24);1H. The molecule has 1 aliphatic heterocycles. The van der Waals surface area contributed by atoms with E-state index in [9.17, 15) is 9.59 Å². The highest BCUT2D eigenvalue weighted by molar-refractivity contribution is 5.94. The van der Waals surface area contributed by atoms with Gasteiger partial charge in [0.15, 0.2) is 0 Å². The fourth-order valence-electron chi connectivity index (χ4n) is 3.06. The predicted molar refractivity (Wildman–Crippen MR) is 103 cm³/mol. The van der Waals surface area contributed by atoms with E-state index in [0.29, 0.717) is 25.1 Å². The molecule has 1 aliphatic rings. The molecule has 0 radical (unpaired) electrons. The van der Waals surface area contributed by atoms with Crippen molar-refractivity contribution in [2.24, 2.45) is 5.73 Å². The maximum absolute atomic E-state index is 12.2. The molecule has 1 fully saturated rings. The maximum Gasteiger partial charge on any atom is 0.251 e. The van der Waals surface area contributed by atoms with Crippen molar-refractivity contribution in [1.82, 2.24) is 10.2 Å². The number of halogens is 1. The minimum absolute atomic E-state index is 0. The molecule has 3 N–H and O–H groups in total. The van der Waals surface area contributed by atoms with E-state index in [0.717, 1.165) is 19.4 Å². The summed E-state index contributed by atoms with van der Waals surface area (Å²) in [6.07, 6.45) is 2.32. The number of benzene rings is 1. The average molecular weight is 368 g/mol. The number of carbonyl (C=O) groups is 2. The first-order valence-electron chi connectivity index (χ1n) is 8.71. The highest BCUT2D eigenvalue weighted by Crippen LogP contribution is 2.22. The van der Waals surface area contributed by atoms with Gasteiger partial charge < -0.3 is 16.0 Å². The molecule has 2 rings (SSSR count). The Balaban J connectivity index is 0.00000312. The normalized spacial score (nSPS) is 17.1. The molecule has 0 spiro atoms. The molecule has 5 nitrogen and oxygen atoms in total. The van der Waals surface area contributed by atoms with E-state index in [1.807, 2.05) is 29.2 Å². The summed E-state index contributed by atoms with van der Waals surface area (Å²) in [5, 5.41) is 2.83. The Bertz CT molecular complexity index is 581. The van der Waals surface area contributed by atoms with Crippen LogP contribution in [-0.4, -0.2) is 42.4 Å². The van der Waals surface area contributed by atoms with Gasteiger partial charge in [-0.15, -0.1) is 12.4 Å². The van der Waals surface area contributed by atoms with Gasteiger partial charge in [0, 0.05) is 37.7 Å². The Kier molecular flexibility index (Phi) is 7.90. The smallest absolute Gasteiger partial charge is 0.251 e. The molecule has 2 amide bonds. The van der Waals surface area contributed by atoms with Gasteiger partial charge in [-0.2, -0.15) is 0 Å². The van der Waals surface area contributed by atoms with Gasteiger partial charge in [-0.3, -0.25) is 9.59 Å². The number of likely N-dealkylation sites (tertiary alicyclic amines) is 1. The second kappa shape index (κ2) is 9.20. The molecule has 0 aliphatic carbocycles. The summed E-state index contributed by atoms with van der Waals surface area (Å²) < 4.78 is 0. The number of hydrogen-bond donors (Lipinski definition) is 2. The zero-order valence-electron chi connectivity index (χ0n) is 15.4. The van der Waals surface area contributed by atoms with Crippen LogP contribution in [0.25, 0.3) is 0 Å². The van der Waals surface area contributed by atoms with E-state index < -0.39 is 0 Å². The lowest BCUT2D eigenvalue weighted by Crippen LogP contribution is -2.41. The molecule has 0 saturated carbocycles. The van der Waals surface area contributed by atoms with E-state index in [2.05, 4.69) is 26.1 Å². The largest absolute Gasteiger partial charge is 0.352 e. The molecular weight excluding hydrogens is 338 g/mol. The topological polar surface area (TPSA) is 75.4 Å². The van der Waals surface area contributed by atoms with Crippen molar-refractivity contribution in [3.05, 3.63) is 35.4 Å². The van der Waals surface area contributed by atoms with Gasteiger partial charge in [0.1, 0.15) is 0 Å². The minimum Gasteiger partial charge on any atom is -0.352 e. The summed E-state index contributed by atoms with van der Waals surface area (Å²) in [5.74, 6) is -0.0635. The molecule has 0 bridgehead atoms. The van der Waals surface area contributed by atoms with Crippen LogP contribution < -0.4 is 11.1 Å². The fraction of sp³-hybridized carbons (Fsp3) is 0.579. The van der Waals surface area contributed by atoms with Crippen LogP contribution in [0.5, 0.6) is 0 Å². The van der Waals surface area contributed by atoms with Crippen LogP contribution in [0.3, 0.4) is 0 Å². The SMILES string of the molecule is CC(C)(C)c1ccc(C(=O)NCCC(=O)N2CCCC2CN)cc1.Cl. The maximum atomic E-state index is 12.2. The van der Waals surface area contributed by atoms with Gasteiger partial charge in [0.2, 0.25) is 5.91 Å². The van der Waals surface area contributed by atoms with Gasteiger partial charge in [0.05, 0.1) is 0 Å². The monoisotopic (exact) mass is 367 g/mol. The molecule has 6 heteroatoms. The molecule has 1 saturated heterocycles. The van der Waals surface area contributed by atoms with Crippen molar-refractivity contribution < 1.29 is 9.59 Å². The molecule has 140 valence electrons. The van der Waals surface area contributed by atoms with Gasteiger partial charge >= 0.3 is 0 Å². The first-order valence-corrected chi connectivity index (χ1v) is 8.71. The Morgan fingerprint density at radius 1 is 1.24 bits per heavy atom. The molecule has 1 aromatic carbocycles. The third-order valence-electron chi connectivity index (χ3n) is 4.61. The number of nitrogens with one attached hydrogen (secondary N) is 1. The Morgan fingerprint density at radius 2 is 1.88 bits per heavy atom. The minimum atomic E-state index is -0.139. The van der Waals surface area contributed by atoms with Crippen LogP contribution in [0, 0.1) is 0 Å². The van der Waals surface area contributed by atoms with Crippen molar-refractivity contribution in [3.63, 3.8) is 0 Å². The molecule has 1 atom stereocenters. The second-order valence-electron chi connectivity index (χ2n) is 7.45. The van der Waals surface area contributed by atoms with E-state index >= 15 is 0 Å². The van der Waals surface area contributed by atoms with E-state index in [-0.39, 0.29) is 35.7 Å². The van der Waals surface area contributed by atoms with Gasteiger partial charge in [-0.25, -0.2) is 0 Å². The second-order valence-corrected chi connectivity index (χ2v) is 7.45. The lowest BCUT2D eigenvalue weighted by Gasteiger charge is -2.23. The lowest BCUT2D eigenvalue weighted by molar-refractivity contribution is -0.131. The number of hydrogen-bond acceptors (Lipinski definition) is 3. The third-order valence-corrected chi connectivity index (χ3v) is 4.61. The highest BCUT2D eigenvalue weighted by Gasteiger charge is 2.27. The van der Waals surface area contributed by atoms with Crippen LogP contribution in [0.1, 0.15) is 56.0 Å². The first kappa shape index (κ1) is 21.5. The van der Waals surface area contributed by atoms with Crippen LogP contribution in [0.15, 0.2) is 24.3 Å². The van der Waals surface area contributed by atoms with Crippen molar-refractivity contribution in [2.75, 3.05) is 19.6 Å². The van der Waals surface area contributed by atoms with Crippen LogP contribution in [0.4, 0.5) is 0 Å². The summed E-state index contributed by atoms with van der Waals surface area (Å²) in [4.78, 5) is 26.2. The number of carbonyl (C=O) groups excluding carboxylic acids is 2. The summed E-state index contributed by atoms with van der Waals surface area (Å²) in [6.45, 7) is 8.07. The summed E-state index contributed by atoms with van der Waals surface area (Å²) in [6, 6.07) is 7.80. The molecule has 25 heavy (non-hydrogen) atoms. The zero-order valence-corrected chi connectivity index (χ0v) is 16.2. The first-order chi connectivity index (χ1) is 11.3. The fourth-order valence-corrected chi connectivity index (χ4v) is 3.06. The average Bonchev–Trinajstić information content (AvgIpc) is 3.02. The summed E-state index contributed by atoms with van der Waals surface area (Å²) in [5.41, 5.74) is 7.57. The van der Waals surface area contributed by atoms with E-state index in [4.69, 9.17) is 5.73 Å². The Labute approximate surface area is 156 Å². The van der Waals surface area contributed by atoms with Gasteiger partial charge in [0.25, 0.3) is 5.91 Å². The predicted octanol–water partition coefficient (Wildman–Crippen LogP) is 2.48. The molecule has 0 aromatic heterocycles. The number of nitrogens with zero attached hydrogens (tertiary/aromatic N) is 1. The molecule has 1 unspecified atom stereocenters. The Morgan fingerprint density at radius 3 is 2.44 bits per heavy atom. The molecule has 1 aromatic rings. The summed E-state index contributed by atoms with van der Waals surface area (Å²) in [7, 11) is 0. The van der Waals surface area contributed by atoms with Crippen LogP contribution in [-0.2, 0) is 10.2 Å². The van der Waals surface area contributed by atoms with Crippen molar-refractivity contribution >= 4 is 24.2 Å². The molecule has 1 heterocycles. The highest BCUT2D eigenvalue weighted by atomic mass is 35.5. The van der Waals surface area contributed by atoms with E-state index in [1.165, 1.54) is 5.56 Å². The zero-order chi connectivity index (χ0) is 17.7. The van der Waals surface area contributed by atoms with Crippen LogP contribution >= 0.6 is 12.4 Å². The van der Waals surface area contributed by atoms with Crippen molar-refractivity contribution in [3.8, 4) is 0 Å². The number of rotatable bonds is 5. The number of amides is 2. The molecular formula is C19H30ClN3O2. The van der Waals surface area contributed by atoms with Crippen LogP contribution in [0.2, 0.25) is 0 Å². The van der Waals surface area contributed by atoms with Gasteiger partial charge in [-0.05, 0) is 36.0 Å². The quantitative estimate of drug-likeness (QED) is 0.839. The van der Waals surface area contributed by atoms with Gasteiger partial charge in [-0.1, -0.05) is 32.9 Å². The van der Waals surface area contributed by atoms with Crippen molar-refractivity contribution in [1.29, 1.82) is 0 Å². The summed E-state index contributed by atoms with van der Waals surface area (Å²) >= 11 is 0. The van der Waals surface area contributed by atoms with Crippen molar-refractivity contribution in [2.45, 2.75) is 51.5 Å². The third kappa shape index (κ3) is 5.72. The lowest BCUT2D eigenvalue weighted by atomic mass is 9.87. The number of nitrogens with two attached hydrogens (primary N) is 1. The van der Waals surface area contributed by atoms with E-state index in [1.54, 1.807) is 0 Å². The Hall–Kier alpha value is -1.59.